The number of hydrogen-bond donors (Lipinski definition) is 0. The van der Waals surface area contributed by atoms with Gasteiger partial charge in [-0.2, -0.15) is 0 Å². The summed E-state index contributed by atoms with van der Waals surface area (Å²) in [7, 11) is 2.07. The lowest BCUT2D eigenvalue weighted by atomic mass is 10.3. The molecule has 0 radical (unpaired) electrons. The maximum atomic E-state index is 5.32. The number of likely N-dealkylation sites (N-methyl/N-ethyl adjacent to an activating group) is 1. The minimum absolute atomic E-state index is 0.316. The van der Waals surface area contributed by atoms with Gasteiger partial charge in [-0.25, -0.2) is 0 Å². The van der Waals surface area contributed by atoms with Crippen LogP contribution < -0.4 is 0 Å². The van der Waals surface area contributed by atoms with Crippen molar-refractivity contribution in [2.75, 3.05) is 20.1 Å². The summed E-state index contributed by atoms with van der Waals surface area (Å²) in [4.78, 5) is 2.20. The second-order valence-electron chi connectivity index (χ2n) is 2.66. The van der Waals surface area contributed by atoms with Crippen molar-refractivity contribution in [3.63, 3.8) is 0 Å². The van der Waals surface area contributed by atoms with Crippen molar-refractivity contribution in [2.24, 2.45) is 0 Å². The topological polar surface area (TPSA) is 12.5 Å². The van der Waals surface area contributed by atoms with Crippen LogP contribution in [-0.2, 0) is 4.74 Å². The molecule has 2 nitrogen and oxygen atoms in total. The normalized spacial score (nSPS) is 30.0. The van der Waals surface area contributed by atoms with Gasteiger partial charge >= 0.3 is 0 Å². The Labute approximate surface area is 56.1 Å². The van der Waals surface area contributed by atoms with Gasteiger partial charge in [0.05, 0.1) is 6.54 Å². The Hall–Kier alpha value is -0.500. The molecule has 1 rings (SSSR count). The molecule has 1 aliphatic heterocycles. The van der Waals surface area contributed by atoms with E-state index in [-0.39, 0.29) is 0 Å². The highest BCUT2D eigenvalue weighted by atomic mass is 16.5. The van der Waals surface area contributed by atoms with E-state index in [4.69, 9.17) is 4.74 Å². The van der Waals surface area contributed by atoms with Gasteiger partial charge in [0.2, 0.25) is 0 Å². The third-order valence-electron chi connectivity index (χ3n) is 1.38. The van der Waals surface area contributed by atoms with Gasteiger partial charge in [-0.1, -0.05) is 6.58 Å². The molecule has 0 aliphatic carbocycles. The zero-order valence-corrected chi connectivity index (χ0v) is 6.05. The third-order valence-corrected chi connectivity index (χ3v) is 1.38. The molecule has 1 unspecified atom stereocenters. The van der Waals surface area contributed by atoms with E-state index in [1.165, 1.54) is 0 Å². The molecule has 1 aliphatic rings. The molecule has 9 heavy (non-hydrogen) atoms. The molecule has 1 atom stereocenters. The quantitative estimate of drug-likeness (QED) is 0.478. The first kappa shape index (κ1) is 6.62. The number of hydrogen-bond acceptors (Lipinski definition) is 2. The Morgan fingerprint density at radius 3 is 2.89 bits per heavy atom. The second-order valence-corrected chi connectivity index (χ2v) is 2.66. The van der Waals surface area contributed by atoms with Crippen molar-refractivity contribution in [3.05, 3.63) is 12.3 Å². The van der Waals surface area contributed by atoms with Crippen LogP contribution in [0.3, 0.4) is 0 Å². The molecule has 0 amide bonds. The number of nitrogens with zero attached hydrogens (tertiary/aromatic N) is 1. The minimum atomic E-state index is 0.316. The van der Waals surface area contributed by atoms with Crippen LogP contribution in [0.15, 0.2) is 12.3 Å². The summed E-state index contributed by atoms with van der Waals surface area (Å²) in [6.07, 6.45) is 0.316. The summed E-state index contributed by atoms with van der Waals surface area (Å²) in [5.74, 6) is 0.885. The first-order chi connectivity index (χ1) is 4.18. The van der Waals surface area contributed by atoms with Crippen molar-refractivity contribution in [1.29, 1.82) is 0 Å². The monoisotopic (exact) mass is 127 g/mol. The van der Waals surface area contributed by atoms with Crippen LogP contribution in [0.4, 0.5) is 0 Å². The smallest absolute Gasteiger partial charge is 0.108 e. The molecule has 0 spiro atoms. The average Bonchev–Trinajstić information content (AvgIpc) is 1.59. The van der Waals surface area contributed by atoms with Crippen LogP contribution in [0.2, 0.25) is 0 Å². The SMILES string of the molecule is C=C1CN(C)CC(C)O1. The summed E-state index contributed by atoms with van der Waals surface area (Å²) < 4.78 is 5.32. The Balaban J connectivity index is 2.43. The van der Waals surface area contributed by atoms with Crippen LogP contribution in [0.1, 0.15) is 6.92 Å². The second kappa shape index (κ2) is 2.40. The highest BCUT2D eigenvalue weighted by molar-refractivity contribution is 4.91. The zero-order valence-electron chi connectivity index (χ0n) is 6.05. The van der Waals surface area contributed by atoms with E-state index < -0.39 is 0 Å². The zero-order chi connectivity index (χ0) is 6.85. The van der Waals surface area contributed by atoms with E-state index in [0.29, 0.717) is 6.10 Å². The molecule has 0 aromatic rings. The largest absolute Gasteiger partial charge is 0.493 e. The summed E-state index contributed by atoms with van der Waals surface area (Å²) in [6.45, 7) is 7.70. The molecule has 2 heteroatoms. The third kappa shape index (κ3) is 1.72. The van der Waals surface area contributed by atoms with E-state index in [1.807, 2.05) is 0 Å². The minimum Gasteiger partial charge on any atom is -0.493 e. The van der Waals surface area contributed by atoms with Crippen LogP contribution in [-0.4, -0.2) is 31.1 Å². The fourth-order valence-electron chi connectivity index (χ4n) is 1.16. The lowest BCUT2D eigenvalue weighted by Crippen LogP contribution is -2.36. The lowest BCUT2D eigenvalue weighted by molar-refractivity contribution is 0.0460. The number of ether oxygens (including phenoxy) is 1. The molecule has 1 saturated heterocycles. The van der Waals surface area contributed by atoms with Gasteiger partial charge in [0, 0.05) is 6.54 Å². The molecular weight excluding hydrogens is 114 g/mol. The molecule has 1 fully saturated rings. The van der Waals surface area contributed by atoms with E-state index in [1.54, 1.807) is 0 Å². The number of rotatable bonds is 0. The van der Waals surface area contributed by atoms with Crippen molar-refractivity contribution in [1.82, 2.24) is 4.90 Å². The van der Waals surface area contributed by atoms with Crippen LogP contribution in [0, 0.1) is 0 Å². The van der Waals surface area contributed by atoms with Gasteiger partial charge in [-0.05, 0) is 14.0 Å². The van der Waals surface area contributed by atoms with Gasteiger partial charge < -0.3 is 4.74 Å². The molecule has 0 aromatic heterocycles. The van der Waals surface area contributed by atoms with Crippen molar-refractivity contribution in [3.8, 4) is 0 Å². The van der Waals surface area contributed by atoms with Crippen LogP contribution in [0.5, 0.6) is 0 Å². The van der Waals surface area contributed by atoms with Gasteiger partial charge in [0.25, 0.3) is 0 Å². The van der Waals surface area contributed by atoms with E-state index in [2.05, 4.69) is 25.5 Å². The Kier molecular flexibility index (Phi) is 1.76. The van der Waals surface area contributed by atoms with Gasteiger partial charge in [0.15, 0.2) is 0 Å². The highest BCUT2D eigenvalue weighted by Crippen LogP contribution is 2.09. The fourth-order valence-corrected chi connectivity index (χ4v) is 1.16. The molecular formula is C7H13NO. The summed E-state index contributed by atoms with van der Waals surface area (Å²) in [5, 5.41) is 0. The first-order valence-electron chi connectivity index (χ1n) is 3.21. The van der Waals surface area contributed by atoms with Crippen molar-refractivity contribution < 1.29 is 4.74 Å². The predicted molar refractivity (Wildman–Crippen MR) is 37.2 cm³/mol. The molecule has 0 N–H and O–H groups in total. The molecule has 0 aromatic carbocycles. The predicted octanol–water partition coefficient (Wildman–Crippen LogP) is 0.851. The summed E-state index contributed by atoms with van der Waals surface area (Å²) >= 11 is 0. The fraction of sp³-hybridized carbons (Fsp3) is 0.714. The van der Waals surface area contributed by atoms with Crippen molar-refractivity contribution >= 4 is 0 Å². The summed E-state index contributed by atoms with van der Waals surface area (Å²) in [5.41, 5.74) is 0. The molecule has 1 heterocycles. The Bertz CT molecular complexity index is 110. The van der Waals surface area contributed by atoms with Crippen LogP contribution in [0.25, 0.3) is 0 Å². The van der Waals surface area contributed by atoms with Gasteiger partial charge in [-0.3, -0.25) is 4.90 Å². The highest BCUT2D eigenvalue weighted by Gasteiger charge is 2.15. The van der Waals surface area contributed by atoms with Gasteiger partial charge in [-0.15, -0.1) is 0 Å². The van der Waals surface area contributed by atoms with Crippen LogP contribution >= 0.6 is 0 Å². The first-order valence-corrected chi connectivity index (χ1v) is 3.21. The van der Waals surface area contributed by atoms with E-state index in [0.717, 1.165) is 18.8 Å². The molecule has 0 bridgehead atoms. The standard InChI is InChI=1S/C7H13NO/c1-6-4-8(3)5-7(2)9-6/h7H,1,4-5H2,2-3H3. The van der Waals surface area contributed by atoms with E-state index >= 15 is 0 Å². The molecule has 52 valence electrons. The Morgan fingerprint density at radius 2 is 2.44 bits per heavy atom. The Morgan fingerprint density at radius 1 is 1.78 bits per heavy atom. The van der Waals surface area contributed by atoms with Gasteiger partial charge in [0.1, 0.15) is 11.9 Å². The summed E-state index contributed by atoms with van der Waals surface area (Å²) in [6, 6.07) is 0. The maximum Gasteiger partial charge on any atom is 0.108 e. The van der Waals surface area contributed by atoms with Crippen molar-refractivity contribution in [2.45, 2.75) is 13.0 Å². The lowest BCUT2D eigenvalue weighted by Gasteiger charge is -2.29. The van der Waals surface area contributed by atoms with E-state index in [9.17, 15) is 0 Å². The average molecular weight is 127 g/mol. The number of morpholine rings is 1. The maximum absolute atomic E-state index is 5.32. The molecule has 0 saturated carbocycles.